The Kier molecular flexibility index (Phi) is 8.34. The summed E-state index contributed by atoms with van der Waals surface area (Å²) in [5.74, 6) is -0.286. The number of carbonyl (C=O) groups excluding carboxylic acids is 2. The van der Waals surface area contributed by atoms with E-state index in [0.29, 0.717) is 23.0 Å². The molecule has 0 saturated heterocycles. The standard InChI is InChI=1S/C24H30Cl2N2O2/c1-6-21(23(30)27-24(3,4)5)28(15-18-9-7-8-16(2)12-18)22(29)14-17-10-11-19(25)20(26)13-17/h7-13,21H,6,14-15H2,1-5H3,(H,27,30)/t21-/m0/s1. The number of benzene rings is 2. The van der Waals surface area contributed by atoms with Crippen molar-refractivity contribution in [1.29, 1.82) is 0 Å². The predicted molar refractivity (Wildman–Crippen MR) is 124 cm³/mol. The molecule has 2 aromatic carbocycles. The van der Waals surface area contributed by atoms with Crippen molar-refractivity contribution in [3.05, 3.63) is 69.2 Å². The van der Waals surface area contributed by atoms with Crippen LogP contribution in [-0.4, -0.2) is 28.3 Å². The van der Waals surface area contributed by atoms with Gasteiger partial charge in [0, 0.05) is 12.1 Å². The summed E-state index contributed by atoms with van der Waals surface area (Å²) in [7, 11) is 0. The van der Waals surface area contributed by atoms with Gasteiger partial charge in [-0.3, -0.25) is 9.59 Å². The van der Waals surface area contributed by atoms with E-state index in [1.165, 1.54) is 0 Å². The highest BCUT2D eigenvalue weighted by Crippen LogP contribution is 2.24. The van der Waals surface area contributed by atoms with Gasteiger partial charge in [0.2, 0.25) is 11.8 Å². The van der Waals surface area contributed by atoms with Crippen molar-refractivity contribution in [2.75, 3.05) is 0 Å². The maximum absolute atomic E-state index is 13.3. The second-order valence-electron chi connectivity index (χ2n) is 8.60. The lowest BCUT2D eigenvalue weighted by atomic mass is 10.0. The lowest BCUT2D eigenvalue weighted by molar-refractivity contribution is -0.141. The zero-order valence-electron chi connectivity index (χ0n) is 18.3. The Hall–Kier alpha value is -2.04. The Morgan fingerprint density at radius 2 is 1.73 bits per heavy atom. The average Bonchev–Trinajstić information content (AvgIpc) is 2.63. The van der Waals surface area contributed by atoms with E-state index in [1.807, 2.05) is 58.9 Å². The molecule has 1 N–H and O–H groups in total. The maximum atomic E-state index is 13.3. The van der Waals surface area contributed by atoms with E-state index in [9.17, 15) is 9.59 Å². The minimum Gasteiger partial charge on any atom is -0.350 e. The lowest BCUT2D eigenvalue weighted by Gasteiger charge is -2.33. The highest BCUT2D eigenvalue weighted by molar-refractivity contribution is 6.42. The van der Waals surface area contributed by atoms with Crippen LogP contribution >= 0.6 is 23.2 Å². The third-order valence-electron chi connectivity index (χ3n) is 4.66. The molecular formula is C24H30Cl2N2O2. The molecule has 2 aromatic rings. The number of nitrogens with zero attached hydrogens (tertiary/aromatic N) is 1. The zero-order chi connectivity index (χ0) is 22.5. The minimum atomic E-state index is -0.569. The fourth-order valence-corrected chi connectivity index (χ4v) is 3.63. The van der Waals surface area contributed by atoms with Gasteiger partial charge in [0.15, 0.2) is 0 Å². The van der Waals surface area contributed by atoms with Crippen LogP contribution in [0.1, 0.15) is 50.8 Å². The number of hydrogen-bond donors (Lipinski definition) is 1. The molecule has 0 aliphatic carbocycles. The van der Waals surface area contributed by atoms with Crippen LogP contribution in [0.5, 0.6) is 0 Å². The first kappa shape index (κ1) is 24.2. The quantitative estimate of drug-likeness (QED) is 0.601. The van der Waals surface area contributed by atoms with Gasteiger partial charge in [-0.25, -0.2) is 0 Å². The van der Waals surface area contributed by atoms with Crippen molar-refractivity contribution in [2.24, 2.45) is 0 Å². The van der Waals surface area contributed by atoms with E-state index in [-0.39, 0.29) is 23.8 Å². The van der Waals surface area contributed by atoms with E-state index in [4.69, 9.17) is 23.2 Å². The largest absolute Gasteiger partial charge is 0.350 e. The van der Waals surface area contributed by atoms with E-state index >= 15 is 0 Å². The molecule has 162 valence electrons. The first-order chi connectivity index (χ1) is 14.0. The average molecular weight is 449 g/mol. The summed E-state index contributed by atoms with van der Waals surface area (Å²) >= 11 is 12.1. The topological polar surface area (TPSA) is 49.4 Å². The molecule has 0 saturated carbocycles. The summed E-state index contributed by atoms with van der Waals surface area (Å²) in [6.45, 7) is 10.1. The summed E-state index contributed by atoms with van der Waals surface area (Å²) in [5.41, 5.74) is 2.47. The highest BCUT2D eigenvalue weighted by atomic mass is 35.5. The third kappa shape index (κ3) is 7.03. The van der Waals surface area contributed by atoms with Gasteiger partial charge < -0.3 is 10.2 Å². The predicted octanol–water partition coefficient (Wildman–Crippen LogP) is 5.57. The van der Waals surface area contributed by atoms with Gasteiger partial charge in [0.1, 0.15) is 6.04 Å². The van der Waals surface area contributed by atoms with Gasteiger partial charge >= 0.3 is 0 Å². The monoisotopic (exact) mass is 448 g/mol. The summed E-state index contributed by atoms with van der Waals surface area (Å²) in [5, 5.41) is 3.86. The summed E-state index contributed by atoms with van der Waals surface area (Å²) in [4.78, 5) is 28.0. The molecule has 0 aliphatic heterocycles. The number of hydrogen-bond acceptors (Lipinski definition) is 2. The highest BCUT2D eigenvalue weighted by Gasteiger charge is 2.30. The molecule has 0 fully saturated rings. The van der Waals surface area contributed by atoms with E-state index in [1.54, 1.807) is 23.1 Å². The lowest BCUT2D eigenvalue weighted by Crippen LogP contribution is -2.53. The van der Waals surface area contributed by atoms with Gasteiger partial charge in [-0.05, 0) is 57.4 Å². The van der Waals surface area contributed by atoms with Crippen LogP contribution in [0.4, 0.5) is 0 Å². The number of rotatable bonds is 7. The second kappa shape index (κ2) is 10.3. The van der Waals surface area contributed by atoms with Crippen LogP contribution in [0.3, 0.4) is 0 Å². The molecule has 4 nitrogen and oxygen atoms in total. The van der Waals surface area contributed by atoms with Crippen LogP contribution in [0.2, 0.25) is 10.0 Å². The van der Waals surface area contributed by atoms with Gasteiger partial charge in [-0.15, -0.1) is 0 Å². The third-order valence-corrected chi connectivity index (χ3v) is 5.40. The molecule has 0 aromatic heterocycles. The molecular weight excluding hydrogens is 419 g/mol. The Morgan fingerprint density at radius 1 is 1.03 bits per heavy atom. The van der Waals surface area contributed by atoms with Crippen molar-refractivity contribution in [3.63, 3.8) is 0 Å². The Labute approximate surface area is 189 Å². The first-order valence-electron chi connectivity index (χ1n) is 10.1. The molecule has 0 aliphatic rings. The van der Waals surface area contributed by atoms with E-state index < -0.39 is 6.04 Å². The van der Waals surface area contributed by atoms with Crippen molar-refractivity contribution in [2.45, 2.75) is 65.6 Å². The van der Waals surface area contributed by atoms with Gasteiger partial charge in [0.25, 0.3) is 0 Å². The first-order valence-corrected chi connectivity index (χ1v) is 10.9. The molecule has 2 rings (SSSR count). The van der Waals surface area contributed by atoms with Gasteiger partial charge in [-0.2, -0.15) is 0 Å². The van der Waals surface area contributed by atoms with Crippen molar-refractivity contribution < 1.29 is 9.59 Å². The molecule has 0 bridgehead atoms. The zero-order valence-corrected chi connectivity index (χ0v) is 19.8. The molecule has 0 radical (unpaired) electrons. The normalized spacial score (nSPS) is 12.4. The SMILES string of the molecule is CC[C@@H](C(=O)NC(C)(C)C)N(Cc1cccc(C)c1)C(=O)Cc1ccc(Cl)c(Cl)c1. The number of carbonyl (C=O) groups is 2. The van der Waals surface area contributed by atoms with Crippen LogP contribution in [-0.2, 0) is 22.6 Å². The number of halogens is 2. The van der Waals surface area contributed by atoms with Gasteiger partial charge in [-0.1, -0.05) is 66.0 Å². The molecule has 0 unspecified atom stereocenters. The molecule has 1 atom stereocenters. The van der Waals surface area contributed by atoms with E-state index in [0.717, 1.165) is 16.7 Å². The summed E-state index contributed by atoms with van der Waals surface area (Å²) in [6, 6.07) is 12.6. The smallest absolute Gasteiger partial charge is 0.243 e. The Balaban J connectivity index is 2.33. The van der Waals surface area contributed by atoms with Crippen LogP contribution in [0.25, 0.3) is 0 Å². The number of amides is 2. The molecule has 0 heterocycles. The summed E-state index contributed by atoms with van der Waals surface area (Å²) < 4.78 is 0. The molecule has 6 heteroatoms. The van der Waals surface area contributed by atoms with Crippen LogP contribution in [0, 0.1) is 6.92 Å². The summed E-state index contributed by atoms with van der Waals surface area (Å²) in [6.07, 6.45) is 0.656. The van der Waals surface area contributed by atoms with Crippen molar-refractivity contribution >= 4 is 35.0 Å². The molecule has 2 amide bonds. The van der Waals surface area contributed by atoms with Crippen molar-refractivity contribution in [3.8, 4) is 0 Å². The fourth-order valence-electron chi connectivity index (χ4n) is 3.31. The second-order valence-corrected chi connectivity index (χ2v) is 9.41. The maximum Gasteiger partial charge on any atom is 0.243 e. The van der Waals surface area contributed by atoms with Crippen LogP contribution in [0.15, 0.2) is 42.5 Å². The Morgan fingerprint density at radius 3 is 2.30 bits per heavy atom. The van der Waals surface area contributed by atoms with Crippen LogP contribution < -0.4 is 5.32 Å². The Bertz CT molecular complexity index is 906. The van der Waals surface area contributed by atoms with Gasteiger partial charge in [0.05, 0.1) is 16.5 Å². The van der Waals surface area contributed by atoms with E-state index in [2.05, 4.69) is 5.32 Å². The molecule has 0 spiro atoms. The fraction of sp³-hybridized carbons (Fsp3) is 0.417. The molecule has 30 heavy (non-hydrogen) atoms. The van der Waals surface area contributed by atoms with Crippen molar-refractivity contribution in [1.82, 2.24) is 10.2 Å². The number of aryl methyl sites for hydroxylation is 1. The minimum absolute atomic E-state index is 0.134. The number of nitrogens with one attached hydrogen (secondary N) is 1.